The minimum absolute atomic E-state index is 0.0763. The molecule has 0 spiro atoms. The molecule has 0 radical (unpaired) electrons. The number of carbonyl (C=O) groups excluding carboxylic acids is 2. The van der Waals surface area contributed by atoms with Crippen LogP contribution in [0.5, 0.6) is 5.88 Å². The molecule has 0 unspecified atom stereocenters. The van der Waals surface area contributed by atoms with Gasteiger partial charge in [-0.15, -0.1) is 0 Å². The van der Waals surface area contributed by atoms with Crippen molar-refractivity contribution in [2.75, 3.05) is 25.6 Å². The smallest absolute Gasteiger partial charge is 0.313 e. The summed E-state index contributed by atoms with van der Waals surface area (Å²) < 4.78 is 24.5. The van der Waals surface area contributed by atoms with E-state index in [1.54, 1.807) is 31.4 Å². The summed E-state index contributed by atoms with van der Waals surface area (Å²) in [4.78, 5) is 29.0. The molecule has 2 N–H and O–H groups in total. The van der Waals surface area contributed by atoms with Gasteiger partial charge in [0.05, 0.1) is 12.6 Å². The van der Waals surface area contributed by atoms with E-state index in [-0.39, 0.29) is 29.9 Å². The van der Waals surface area contributed by atoms with Crippen molar-refractivity contribution in [3.8, 4) is 5.88 Å². The Labute approximate surface area is 168 Å². The Morgan fingerprint density at radius 1 is 1.21 bits per heavy atom. The number of aromatic nitrogens is 1. The first kappa shape index (κ1) is 20.7. The minimum Gasteiger partial charge on any atom is -0.474 e. The van der Waals surface area contributed by atoms with Crippen molar-refractivity contribution in [3.05, 3.63) is 53.5 Å². The lowest BCUT2D eigenvalue weighted by Gasteiger charge is -2.32. The number of hydrogen-bond acceptors (Lipinski definition) is 5. The number of methoxy groups -OCH3 is 1. The molecule has 0 saturated heterocycles. The van der Waals surface area contributed by atoms with E-state index in [2.05, 4.69) is 15.6 Å². The number of ether oxygens (including phenoxy) is 2. The molecule has 2 atom stereocenters. The van der Waals surface area contributed by atoms with Gasteiger partial charge in [-0.05, 0) is 48.1 Å². The van der Waals surface area contributed by atoms with Crippen LogP contribution in [0, 0.1) is 11.7 Å². The van der Waals surface area contributed by atoms with Crippen molar-refractivity contribution in [2.24, 2.45) is 5.92 Å². The van der Waals surface area contributed by atoms with Gasteiger partial charge in [0, 0.05) is 13.3 Å². The van der Waals surface area contributed by atoms with Crippen molar-refractivity contribution in [2.45, 2.75) is 25.8 Å². The maximum atomic E-state index is 14.1. The summed E-state index contributed by atoms with van der Waals surface area (Å²) in [6, 6.07) is 7.60. The lowest BCUT2D eigenvalue weighted by molar-refractivity contribution is -0.136. The van der Waals surface area contributed by atoms with Gasteiger partial charge >= 0.3 is 11.8 Å². The molecule has 0 bridgehead atoms. The minimum atomic E-state index is -0.842. The zero-order chi connectivity index (χ0) is 20.8. The Hall–Kier alpha value is -3.00. The second kappa shape index (κ2) is 9.47. The number of benzene rings is 1. The van der Waals surface area contributed by atoms with Gasteiger partial charge in [0.15, 0.2) is 0 Å². The Bertz CT molecular complexity index is 890. The average Bonchev–Trinajstić information content (AvgIpc) is 2.71. The number of halogens is 1. The first-order chi connectivity index (χ1) is 14.0. The molecule has 29 heavy (non-hydrogen) atoms. The molecular formula is C21H24FN3O4. The number of nitrogens with one attached hydrogen (secondary N) is 2. The lowest BCUT2D eigenvalue weighted by atomic mass is 9.80. The summed E-state index contributed by atoms with van der Waals surface area (Å²) in [5, 5.41) is 5.27. The number of carbonyl (C=O) groups is 2. The van der Waals surface area contributed by atoms with Gasteiger partial charge in [-0.1, -0.05) is 19.1 Å². The Morgan fingerprint density at radius 3 is 2.83 bits per heavy atom. The van der Waals surface area contributed by atoms with E-state index in [1.807, 2.05) is 6.92 Å². The molecule has 1 aromatic heterocycles. The molecule has 2 amide bonds. The monoisotopic (exact) mass is 401 g/mol. The van der Waals surface area contributed by atoms with Crippen molar-refractivity contribution in [1.29, 1.82) is 0 Å². The molecule has 0 aliphatic heterocycles. The molecule has 1 aliphatic carbocycles. The van der Waals surface area contributed by atoms with Crippen LogP contribution < -0.4 is 15.4 Å². The summed E-state index contributed by atoms with van der Waals surface area (Å²) >= 11 is 0. The highest BCUT2D eigenvalue weighted by atomic mass is 19.1. The first-order valence-corrected chi connectivity index (χ1v) is 9.47. The summed E-state index contributed by atoms with van der Waals surface area (Å²) in [6.45, 7) is 2.59. The maximum absolute atomic E-state index is 14.1. The molecule has 0 fully saturated rings. The summed E-state index contributed by atoms with van der Waals surface area (Å²) in [7, 11) is 1.55. The quantitative estimate of drug-likeness (QED) is 0.574. The summed E-state index contributed by atoms with van der Waals surface area (Å²) in [6.07, 6.45) is 2.85. The van der Waals surface area contributed by atoms with Crippen LogP contribution in [0.1, 0.15) is 30.5 Å². The van der Waals surface area contributed by atoms with Crippen LogP contribution in [-0.2, 0) is 20.7 Å². The Balaban J connectivity index is 1.69. The van der Waals surface area contributed by atoms with Crippen LogP contribution in [0.4, 0.5) is 10.1 Å². The van der Waals surface area contributed by atoms with E-state index < -0.39 is 17.9 Å². The molecule has 8 heteroatoms. The molecule has 0 saturated carbocycles. The highest BCUT2D eigenvalue weighted by Crippen LogP contribution is 2.35. The Morgan fingerprint density at radius 2 is 2.03 bits per heavy atom. The fraction of sp³-hybridized carbons (Fsp3) is 0.381. The van der Waals surface area contributed by atoms with Gasteiger partial charge in [-0.25, -0.2) is 9.37 Å². The normalized spacial score (nSPS) is 17.9. The highest BCUT2D eigenvalue weighted by molar-refractivity contribution is 6.39. The predicted molar refractivity (Wildman–Crippen MR) is 105 cm³/mol. The number of rotatable bonds is 6. The molecule has 1 aliphatic rings. The fourth-order valence-corrected chi connectivity index (χ4v) is 3.40. The number of hydrogen-bond donors (Lipinski definition) is 2. The molecule has 1 aromatic carbocycles. The van der Waals surface area contributed by atoms with Crippen LogP contribution in [0.2, 0.25) is 0 Å². The fourth-order valence-electron chi connectivity index (χ4n) is 3.40. The first-order valence-electron chi connectivity index (χ1n) is 9.47. The van der Waals surface area contributed by atoms with E-state index in [9.17, 15) is 14.0 Å². The van der Waals surface area contributed by atoms with Crippen molar-refractivity contribution >= 4 is 17.5 Å². The second-order valence-electron chi connectivity index (χ2n) is 6.93. The topological polar surface area (TPSA) is 89.6 Å². The van der Waals surface area contributed by atoms with Gasteiger partial charge in [0.2, 0.25) is 5.88 Å². The highest BCUT2D eigenvalue weighted by Gasteiger charge is 2.31. The number of amides is 2. The Kier molecular flexibility index (Phi) is 6.77. The van der Waals surface area contributed by atoms with Crippen LogP contribution in [0.15, 0.2) is 36.5 Å². The zero-order valence-corrected chi connectivity index (χ0v) is 16.4. The zero-order valence-electron chi connectivity index (χ0n) is 16.4. The maximum Gasteiger partial charge on any atom is 0.313 e. The number of nitrogens with zero attached hydrogens (tertiary/aromatic N) is 1. The second-order valence-corrected chi connectivity index (χ2v) is 6.93. The third-order valence-corrected chi connectivity index (χ3v) is 4.95. The standard InChI is InChI=1S/C21H24FN3O4/c1-13-8-9-14-15(5-3-6-16(14)22)18(13)25-20(27)19(26)24-17-7-4-10-23-21(17)29-12-11-28-2/h3-7,10,13,18H,8-9,11-12H2,1-2H3,(H,24,26)(H,25,27)/t13-,18+/m0/s1. The van der Waals surface area contributed by atoms with Gasteiger partial charge in [0.1, 0.15) is 18.1 Å². The van der Waals surface area contributed by atoms with E-state index in [0.717, 1.165) is 12.0 Å². The van der Waals surface area contributed by atoms with Crippen LogP contribution in [0.25, 0.3) is 0 Å². The lowest BCUT2D eigenvalue weighted by Crippen LogP contribution is -2.41. The molecular weight excluding hydrogens is 377 g/mol. The van der Waals surface area contributed by atoms with E-state index in [0.29, 0.717) is 18.6 Å². The molecule has 3 rings (SSSR count). The van der Waals surface area contributed by atoms with E-state index in [4.69, 9.17) is 9.47 Å². The molecule has 7 nitrogen and oxygen atoms in total. The van der Waals surface area contributed by atoms with Crippen molar-refractivity contribution in [3.63, 3.8) is 0 Å². The van der Waals surface area contributed by atoms with Gasteiger partial charge in [-0.2, -0.15) is 0 Å². The van der Waals surface area contributed by atoms with Crippen molar-refractivity contribution in [1.82, 2.24) is 10.3 Å². The third-order valence-electron chi connectivity index (χ3n) is 4.95. The van der Waals surface area contributed by atoms with Crippen molar-refractivity contribution < 1.29 is 23.5 Å². The van der Waals surface area contributed by atoms with E-state index >= 15 is 0 Å². The van der Waals surface area contributed by atoms with Gasteiger partial charge in [-0.3, -0.25) is 9.59 Å². The van der Waals surface area contributed by atoms with Gasteiger partial charge < -0.3 is 20.1 Å². The number of pyridine rings is 1. The molecule has 1 heterocycles. The van der Waals surface area contributed by atoms with E-state index in [1.165, 1.54) is 12.3 Å². The third kappa shape index (κ3) is 4.89. The molecule has 2 aromatic rings. The van der Waals surface area contributed by atoms with Crippen LogP contribution >= 0.6 is 0 Å². The number of fused-ring (bicyclic) bond motifs is 1. The summed E-state index contributed by atoms with van der Waals surface area (Å²) in [5.41, 5.74) is 1.60. The summed E-state index contributed by atoms with van der Waals surface area (Å²) in [5.74, 6) is -1.65. The van der Waals surface area contributed by atoms with Crippen LogP contribution in [-0.4, -0.2) is 37.1 Å². The molecule has 154 valence electrons. The van der Waals surface area contributed by atoms with Gasteiger partial charge in [0.25, 0.3) is 0 Å². The SMILES string of the molecule is COCCOc1ncccc1NC(=O)C(=O)N[C@H]1c2cccc(F)c2CC[C@@H]1C. The average molecular weight is 401 g/mol. The number of anilines is 1. The largest absolute Gasteiger partial charge is 0.474 e. The predicted octanol–water partition coefficient (Wildman–Crippen LogP) is 2.62. The van der Waals surface area contributed by atoms with Crippen LogP contribution in [0.3, 0.4) is 0 Å².